The summed E-state index contributed by atoms with van der Waals surface area (Å²) in [5, 5.41) is 11.2. The van der Waals surface area contributed by atoms with Crippen LogP contribution in [0.1, 0.15) is 16.8 Å². The monoisotopic (exact) mass is 460 g/mol. The molecule has 0 aromatic heterocycles. The van der Waals surface area contributed by atoms with Crippen molar-refractivity contribution in [2.75, 3.05) is 18.1 Å². The van der Waals surface area contributed by atoms with Crippen LogP contribution in [-0.2, 0) is 19.1 Å². The number of anilines is 1. The maximum absolute atomic E-state index is 12.2. The third-order valence-electron chi connectivity index (χ3n) is 4.60. The van der Waals surface area contributed by atoms with E-state index in [0.29, 0.717) is 10.7 Å². The van der Waals surface area contributed by atoms with Crippen molar-refractivity contribution in [1.82, 2.24) is 10.9 Å². The van der Waals surface area contributed by atoms with Crippen LogP contribution in [0.15, 0.2) is 48.5 Å². The summed E-state index contributed by atoms with van der Waals surface area (Å²) in [6.45, 7) is -0.633. The van der Waals surface area contributed by atoms with Crippen molar-refractivity contribution >= 4 is 46.7 Å². The van der Waals surface area contributed by atoms with Gasteiger partial charge in [-0.25, -0.2) is 0 Å². The third-order valence-corrected chi connectivity index (χ3v) is 4.85. The predicted molar refractivity (Wildman–Crippen MR) is 112 cm³/mol. The highest BCUT2D eigenvalue weighted by Crippen LogP contribution is 2.27. The number of hydrogen-bond donors (Lipinski definition) is 2. The van der Waals surface area contributed by atoms with E-state index in [0.717, 1.165) is 0 Å². The Balaban J connectivity index is 1.46. The van der Waals surface area contributed by atoms with E-state index in [-0.39, 0.29) is 30.1 Å². The summed E-state index contributed by atoms with van der Waals surface area (Å²) in [6.07, 6.45) is -0.120. The fraction of sp³-hybridized carbons (Fsp3) is 0.200. The molecule has 0 unspecified atom stereocenters. The number of nitro groups is 1. The number of ether oxygens (including phenoxy) is 1. The number of hydrazine groups is 1. The molecule has 0 spiro atoms. The van der Waals surface area contributed by atoms with E-state index in [1.165, 1.54) is 53.4 Å². The molecule has 32 heavy (non-hydrogen) atoms. The number of nitrogens with zero attached hydrogens (tertiary/aromatic N) is 2. The van der Waals surface area contributed by atoms with Crippen LogP contribution in [0.5, 0.6) is 0 Å². The molecule has 1 heterocycles. The number of rotatable bonds is 6. The van der Waals surface area contributed by atoms with Gasteiger partial charge in [-0.05, 0) is 36.4 Å². The average Bonchev–Trinajstić information content (AvgIpc) is 3.18. The van der Waals surface area contributed by atoms with Crippen LogP contribution in [0, 0.1) is 16.0 Å². The molecule has 1 aliphatic heterocycles. The Labute approximate surface area is 186 Å². The minimum atomic E-state index is -0.797. The Morgan fingerprint density at radius 2 is 1.75 bits per heavy atom. The van der Waals surface area contributed by atoms with E-state index in [9.17, 15) is 29.3 Å². The lowest BCUT2D eigenvalue weighted by Crippen LogP contribution is -2.43. The van der Waals surface area contributed by atoms with Crippen molar-refractivity contribution in [3.63, 3.8) is 0 Å². The standard InChI is InChI=1S/C20H17ClN4O7/c21-14-3-1-12(2-4-14)19(28)23-22-17(26)11-32-20(29)13-9-18(27)24(10-13)15-5-7-16(8-6-15)25(30)31/h1-8,13H,9-11H2,(H,22,26)(H,23,28)/t13-/m1/s1. The molecular weight excluding hydrogens is 444 g/mol. The number of amides is 3. The molecule has 2 aromatic rings. The minimum Gasteiger partial charge on any atom is -0.455 e. The second-order valence-electron chi connectivity index (χ2n) is 6.80. The Kier molecular flexibility index (Phi) is 7.00. The van der Waals surface area contributed by atoms with Crippen molar-refractivity contribution in [3.05, 3.63) is 69.2 Å². The van der Waals surface area contributed by atoms with Gasteiger partial charge in [0.15, 0.2) is 6.61 Å². The molecule has 0 bridgehead atoms. The maximum Gasteiger partial charge on any atom is 0.311 e. The summed E-state index contributed by atoms with van der Waals surface area (Å²) in [7, 11) is 0. The number of non-ortho nitro benzene ring substituents is 1. The van der Waals surface area contributed by atoms with E-state index >= 15 is 0 Å². The molecule has 166 valence electrons. The number of hydrogen-bond acceptors (Lipinski definition) is 7. The van der Waals surface area contributed by atoms with Crippen LogP contribution in [-0.4, -0.2) is 41.8 Å². The smallest absolute Gasteiger partial charge is 0.311 e. The molecular formula is C20H17ClN4O7. The number of nitro benzene ring substituents is 1. The second-order valence-corrected chi connectivity index (χ2v) is 7.23. The number of carbonyl (C=O) groups is 4. The van der Waals surface area contributed by atoms with Crippen molar-refractivity contribution in [3.8, 4) is 0 Å². The van der Waals surface area contributed by atoms with Gasteiger partial charge in [0, 0.05) is 41.4 Å². The third kappa shape index (κ3) is 5.58. The topological polar surface area (TPSA) is 148 Å². The van der Waals surface area contributed by atoms with Gasteiger partial charge in [0.25, 0.3) is 17.5 Å². The summed E-state index contributed by atoms with van der Waals surface area (Å²) in [4.78, 5) is 59.7. The van der Waals surface area contributed by atoms with Gasteiger partial charge in [0.2, 0.25) is 5.91 Å². The number of nitrogens with one attached hydrogen (secondary N) is 2. The van der Waals surface area contributed by atoms with Crippen molar-refractivity contribution in [2.24, 2.45) is 5.92 Å². The van der Waals surface area contributed by atoms with E-state index in [1.54, 1.807) is 0 Å². The van der Waals surface area contributed by atoms with Crippen LogP contribution >= 0.6 is 11.6 Å². The lowest BCUT2D eigenvalue weighted by Gasteiger charge is -2.16. The van der Waals surface area contributed by atoms with Gasteiger partial charge in [-0.15, -0.1) is 0 Å². The Morgan fingerprint density at radius 3 is 2.38 bits per heavy atom. The molecule has 2 aromatic carbocycles. The fourth-order valence-electron chi connectivity index (χ4n) is 2.96. The minimum absolute atomic E-state index is 0.0183. The summed E-state index contributed by atoms with van der Waals surface area (Å²) in [6, 6.07) is 11.3. The van der Waals surface area contributed by atoms with Gasteiger partial charge in [0.1, 0.15) is 0 Å². The molecule has 1 fully saturated rings. The molecule has 2 N–H and O–H groups in total. The molecule has 1 aliphatic rings. The summed E-state index contributed by atoms with van der Waals surface area (Å²) in [5.41, 5.74) is 4.86. The van der Waals surface area contributed by atoms with Gasteiger partial charge in [0.05, 0.1) is 10.8 Å². The summed E-state index contributed by atoms with van der Waals surface area (Å²) < 4.78 is 4.94. The first-order valence-corrected chi connectivity index (χ1v) is 9.68. The van der Waals surface area contributed by atoms with Crippen molar-refractivity contribution in [1.29, 1.82) is 0 Å². The highest BCUT2D eigenvalue weighted by Gasteiger charge is 2.36. The SMILES string of the molecule is O=C(COC(=O)[C@@H]1CC(=O)N(c2ccc([N+](=O)[O-])cc2)C1)NNC(=O)c1ccc(Cl)cc1. The Hall–Kier alpha value is -3.99. The van der Waals surface area contributed by atoms with Crippen molar-refractivity contribution in [2.45, 2.75) is 6.42 Å². The quantitative estimate of drug-likeness (QED) is 0.378. The molecule has 0 saturated carbocycles. The van der Waals surface area contributed by atoms with Crippen molar-refractivity contribution < 1.29 is 28.8 Å². The average molecular weight is 461 g/mol. The molecule has 1 atom stereocenters. The Bertz CT molecular complexity index is 1060. The van der Waals surface area contributed by atoms with Crippen LogP contribution < -0.4 is 15.8 Å². The normalized spacial score (nSPS) is 15.2. The van der Waals surface area contributed by atoms with Crippen LogP contribution in [0.2, 0.25) is 5.02 Å². The lowest BCUT2D eigenvalue weighted by molar-refractivity contribution is -0.384. The van der Waals surface area contributed by atoms with E-state index < -0.39 is 35.2 Å². The highest BCUT2D eigenvalue weighted by molar-refractivity contribution is 6.30. The predicted octanol–water partition coefficient (Wildman–Crippen LogP) is 1.61. The van der Waals surface area contributed by atoms with Crippen LogP contribution in [0.3, 0.4) is 0 Å². The second kappa shape index (κ2) is 9.88. The zero-order valence-electron chi connectivity index (χ0n) is 16.4. The molecule has 0 aliphatic carbocycles. The molecule has 3 rings (SSSR count). The highest BCUT2D eigenvalue weighted by atomic mass is 35.5. The molecule has 0 radical (unpaired) electrons. The number of halogens is 1. The van der Waals surface area contributed by atoms with Gasteiger partial charge < -0.3 is 9.64 Å². The zero-order valence-corrected chi connectivity index (χ0v) is 17.2. The number of carbonyl (C=O) groups excluding carboxylic acids is 4. The first-order chi connectivity index (χ1) is 15.2. The summed E-state index contributed by atoms with van der Waals surface area (Å²) in [5.74, 6) is -3.24. The van der Waals surface area contributed by atoms with Gasteiger partial charge in [-0.2, -0.15) is 0 Å². The fourth-order valence-corrected chi connectivity index (χ4v) is 3.09. The largest absolute Gasteiger partial charge is 0.455 e. The zero-order chi connectivity index (χ0) is 23.3. The van der Waals surface area contributed by atoms with Crippen LogP contribution in [0.4, 0.5) is 11.4 Å². The van der Waals surface area contributed by atoms with Gasteiger partial charge in [-0.3, -0.25) is 40.1 Å². The molecule has 1 saturated heterocycles. The van der Waals surface area contributed by atoms with Crippen LogP contribution in [0.25, 0.3) is 0 Å². The van der Waals surface area contributed by atoms with Gasteiger partial charge >= 0.3 is 5.97 Å². The van der Waals surface area contributed by atoms with E-state index in [4.69, 9.17) is 16.3 Å². The summed E-state index contributed by atoms with van der Waals surface area (Å²) >= 11 is 5.74. The molecule has 3 amide bonds. The lowest BCUT2D eigenvalue weighted by atomic mass is 10.1. The molecule has 11 nitrogen and oxygen atoms in total. The van der Waals surface area contributed by atoms with E-state index in [1.807, 2.05) is 0 Å². The van der Waals surface area contributed by atoms with Gasteiger partial charge in [-0.1, -0.05) is 11.6 Å². The van der Waals surface area contributed by atoms with E-state index in [2.05, 4.69) is 10.9 Å². The maximum atomic E-state index is 12.2. The first kappa shape index (κ1) is 22.7. The number of esters is 1. The number of benzene rings is 2. The molecule has 12 heteroatoms. The first-order valence-electron chi connectivity index (χ1n) is 9.31. The Morgan fingerprint density at radius 1 is 1.09 bits per heavy atom.